The van der Waals surface area contributed by atoms with Gasteiger partial charge in [0.05, 0.1) is 6.61 Å². The molecule has 134 valence electrons. The molecule has 1 aromatic carbocycles. The van der Waals surface area contributed by atoms with Crippen molar-refractivity contribution in [3.63, 3.8) is 0 Å². The molecule has 24 heavy (non-hydrogen) atoms. The standard InChI is InChI=1S/C18H25Cl2NO3/c1-3-14-12-16(23-11-8-17(19)20)13-15(4-2)18(14)24-10-7-5-6-9-21-22/h8-9,12-13,22H,3-7,10-11H2,1-2H3. The lowest BCUT2D eigenvalue weighted by Gasteiger charge is -2.17. The van der Waals surface area contributed by atoms with E-state index in [0.717, 1.165) is 54.7 Å². The monoisotopic (exact) mass is 373 g/mol. The summed E-state index contributed by atoms with van der Waals surface area (Å²) in [5.41, 5.74) is 2.25. The summed E-state index contributed by atoms with van der Waals surface area (Å²) in [5, 5.41) is 11.4. The van der Waals surface area contributed by atoms with Crippen molar-refractivity contribution in [3.8, 4) is 11.5 Å². The number of nitrogens with zero attached hydrogens (tertiary/aromatic N) is 1. The van der Waals surface area contributed by atoms with Crippen LogP contribution in [-0.4, -0.2) is 24.6 Å². The molecule has 0 aliphatic carbocycles. The molecule has 6 heteroatoms. The summed E-state index contributed by atoms with van der Waals surface area (Å²) >= 11 is 11.2. The molecule has 0 aliphatic rings. The quantitative estimate of drug-likeness (QED) is 0.240. The Morgan fingerprint density at radius 1 is 1.12 bits per heavy atom. The number of unbranched alkanes of at least 4 members (excludes halogenated alkanes) is 2. The number of hydrogen-bond donors (Lipinski definition) is 1. The van der Waals surface area contributed by atoms with Gasteiger partial charge in [-0.25, -0.2) is 0 Å². The predicted octanol–water partition coefficient (Wildman–Crippen LogP) is 5.52. The Hall–Kier alpha value is -1.39. The Kier molecular flexibility index (Phi) is 10.4. The Bertz CT molecular complexity index is 530. The van der Waals surface area contributed by atoms with E-state index in [0.29, 0.717) is 13.2 Å². The molecule has 0 fully saturated rings. The summed E-state index contributed by atoms with van der Waals surface area (Å²) in [6.45, 7) is 5.17. The lowest BCUT2D eigenvalue weighted by molar-refractivity contribution is 0.299. The minimum absolute atomic E-state index is 0.202. The third kappa shape index (κ3) is 7.45. The smallest absolute Gasteiger partial charge is 0.125 e. The Morgan fingerprint density at radius 3 is 2.33 bits per heavy atom. The van der Waals surface area contributed by atoms with Gasteiger partial charge in [0.2, 0.25) is 0 Å². The van der Waals surface area contributed by atoms with Crippen LogP contribution in [0.4, 0.5) is 0 Å². The molecule has 1 rings (SSSR count). The fourth-order valence-corrected chi connectivity index (χ4v) is 2.41. The second-order valence-corrected chi connectivity index (χ2v) is 6.23. The van der Waals surface area contributed by atoms with E-state index < -0.39 is 0 Å². The molecule has 0 spiro atoms. The Balaban J connectivity index is 2.74. The minimum atomic E-state index is 0.202. The van der Waals surface area contributed by atoms with Crippen LogP contribution < -0.4 is 9.47 Å². The van der Waals surface area contributed by atoms with Crippen LogP contribution >= 0.6 is 23.2 Å². The maximum Gasteiger partial charge on any atom is 0.125 e. The highest BCUT2D eigenvalue weighted by Gasteiger charge is 2.11. The third-order valence-corrected chi connectivity index (χ3v) is 3.83. The van der Waals surface area contributed by atoms with E-state index in [1.54, 1.807) is 6.08 Å². The van der Waals surface area contributed by atoms with Crippen LogP contribution in [0.25, 0.3) is 0 Å². The Morgan fingerprint density at radius 2 is 1.79 bits per heavy atom. The van der Waals surface area contributed by atoms with Gasteiger partial charge < -0.3 is 14.7 Å². The van der Waals surface area contributed by atoms with Gasteiger partial charge in [0, 0.05) is 6.21 Å². The first-order chi connectivity index (χ1) is 11.6. The molecule has 0 saturated heterocycles. The molecule has 0 aromatic heterocycles. The van der Waals surface area contributed by atoms with Crippen molar-refractivity contribution < 1.29 is 14.7 Å². The van der Waals surface area contributed by atoms with E-state index in [-0.39, 0.29) is 4.49 Å². The summed E-state index contributed by atoms with van der Waals surface area (Å²) in [6.07, 6.45) is 7.44. The van der Waals surface area contributed by atoms with Crippen molar-refractivity contribution in [2.75, 3.05) is 13.2 Å². The molecule has 0 amide bonds. The summed E-state index contributed by atoms with van der Waals surface area (Å²) in [7, 11) is 0. The average molecular weight is 374 g/mol. The molecular weight excluding hydrogens is 349 g/mol. The van der Waals surface area contributed by atoms with E-state index in [9.17, 15) is 0 Å². The topological polar surface area (TPSA) is 51.0 Å². The zero-order valence-electron chi connectivity index (χ0n) is 14.2. The summed E-state index contributed by atoms with van der Waals surface area (Å²) in [6, 6.07) is 4.01. The highest BCUT2D eigenvalue weighted by atomic mass is 35.5. The number of halogens is 2. The molecule has 0 radical (unpaired) electrons. The van der Waals surface area contributed by atoms with Gasteiger partial charge in [0.1, 0.15) is 22.6 Å². The number of hydrogen-bond acceptors (Lipinski definition) is 4. The fourth-order valence-electron chi connectivity index (χ4n) is 2.29. The molecule has 0 unspecified atom stereocenters. The van der Waals surface area contributed by atoms with Crippen LogP contribution in [0.2, 0.25) is 0 Å². The van der Waals surface area contributed by atoms with Crippen LogP contribution in [-0.2, 0) is 12.8 Å². The highest BCUT2D eigenvalue weighted by Crippen LogP contribution is 2.31. The zero-order chi connectivity index (χ0) is 17.8. The lowest BCUT2D eigenvalue weighted by atomic mass is 10.0. The highest BCUT2D eigenvalue weighted by molar-refractivity contribution is 6.55. The van der Waals surface area contributed by atoms with Crippen molar-refractivity contribution in [1.82, 2.24) is 0 Å². The first-order valence-electron chi connectivity index (χ1n) is 8.20. The van der Waals surface area contributed by atoms with Crippen LogP contribution in [0.3, 0.4) is 0 Å². The number of benzene rings is 1. The first-order valence-corrected chi connectivity index (χ1v) is 8.96. The second kappa shape index (κ2) is 12.0. The summed E-state index contributed by atoms with van der Waals surface area (Å²) in [5.74, 6) is 1.75. The van der Waals surface area contributed by atoms with E-state index in [1.165, 1.54) is 6.21 Å². The maximum absolute atomic E-state index is 8.36. The minimum Gasteiger partial charge on any atom is -0.493 e. The van der Waals surface area contributed by atoms with E-state index >= 15 is 0 Å². The van der Waals surface area contributed by atoms with Gasteiger partial charge in [-0.3, -0.25) is 0 Å². The third-order valence-electron chi connectivity index (χ3n) is 3.52. The van der Waals surface area contributed by atoms with Gasteiger partial charge in [0.15, 0.2) is 0 Å². The normalized spacial score (nSPS) is 10.8. The Labute approximate surface area is 154 Å². The molecule has 1 N–H and O–H groups in total. The van der Waals surface area contributed by atoms with E-state index in [2.05, 4.69) is 19.0 Å². The maximum atomic E-state index is 8.36. The lowest BCUT2D eigenvalue weighted by Crippen LogP contribution is -2.05. The molecule has 0 atom stereocenters. The molecule has 0 saturated carbocycles. The van der Waals surface area contributed by atoms with E-state index in [4.69, 9.17) is 37.9 Å². The second-order valence-electron chi connectivity index (χ2n) is 5.22. The fraction of sp³-hybridized carbons (Fsp3) is 0.500. The molecule has 0 bridgehead atoms. The van der Waals surface area contributed by atoms with Crippen LogP contribution in [0, 0.1) is 0 Å². The SMILES string of the molecule is CCc1cc(OCC=C(Cl)Cl)cc(CC)c1OCCCCC=NO. The largest absolute Gasteiger partial charge is 0.493 e. The predicted molar refractivity (Wildman–Crippen MR) is 100 cm³/mol. The number of ether oxygens (including phenoxy) is 2. The van der Waals surface area contributed by atoms with Crippen LogP contribution in [0.1, 0.15) is 44.2 Å². The number of rotatable bonds is 11. The number of oxime groups is 1. The molecule has 1 aromatic rings. The average Bonchev–Trinajstić information content (AvgIpc) is 2.57. The first kappa shape index (κ1) is 20.7. The van der Waals surface area contributed by atoms with Gasteiger partial charge in [-0.1, -0.05) is 37.0 Å². The summed E-state index contributed by atoms with van der Waals surface area (Å²) in [4.78, 5) is 0. The van der Waals surface area contributed by atoms with Crippen molar-refractivity contribution in [1.29, 1.82) is 0 Å². The van der Waals surface area contributed by atoms with Crippen molar-refractivity contribution >= 4 is 29.4 Å². The summed E-state index contributed by atoms with van der Waals surface area (Å²) < 4.78 is 11.9. The number of aryl methyl sites for hydroxylation is 2. The van der Waals surface area contributed by atoms with Crippen molar-refractivity contribution in [3.05, 3.63) is 33.8 Å². The molecule has 4 nitrogen and oxygen atoms in total. The molecule has 0 heterocycles. The van der Waals surface area contributed by atoms with Gasteiger partial charge in [-0.05, 0) is 61.4 Å². The van der Waals surface area contributed by atoms with Crippen LogP contribution in [0.15, 0.2) is 27.9 Å². The van der Waals surface area contributed by atoms with E-state index in [1.807, 2.05) is 12.1 Å². The molecular formula is C18H25Cl2NO3. The van der Waals surface area contributed by atoms with Gasteiger partial charge in [0.25, 0.3) is 0 Å². The van der Waals surface area contributed by atoms with Crippen molar-refractivity contribution in [2.45, 2.75) is 46.0 Å². The zero-order valence-corrected chi connectivity index (χ0v) is 15.7. The van der Waals surface area contributed by atoms with Crippen molar-refractivity contribution in [2.24, 2.45) is 5.16 Å². The van der Waals surface area contributed by atoms with Crippen LogP contribution in [0.5, 0.6) is 11.5 Å². The molecule has 0 aliphatic heterocycles. The van der Waals surface area contributed by atoms with Gasteiger partial charge >= 0.3 is 0 Å². The van der Waals surface area contributed by atoms with Gasteiger partial charge in [-0.2, -0.15) is 0 Å². The van der Waals surface area contributed by atoms with Gasteiger partial charge in [-0.15, -0.1) is 5.16 Å².